The van der Waals surface area contributed by atoms with Crippen LogP contribution in [0.3, 0.4) is 0 Å². The summed E-state index contributed by atoms with van der Waals surface area (Å²) in [6.45, 7) is 29.2. The number of nitrogens with one attached hydrogen (secondary N) is 6. The van der Waals surface area contributed by atoms with Crippen molar-refractivity contribution in [2.24, 2.45) is 50.5 Å². The summed E-state index contributed by atoms with van der Waals surface area (Å²) in [7, 11) is 7.34. The van der Waals surface area contributed by atoms with E-state index in [9.17, 15) is 110 Å². The van der Waals surface area contributed by atoms with Crippen molar-refractivity contribution < 1.29 is 110 Å². The van der Waals surface area contributed by atoms with Crippen LogP contribution in [0.4, 0.5) is 71.9 Å². The van der Waals surface area contributed by atoms with E-state index in [0.717, 1.165) is 30.9 Å². The van der Waals surface area contributed by atoms with Gasteiger partial charge in [-0.05, 0) is 112 Å². The zero-order valence-electron chi connectivity index (χ0n) is 85.1. The predicted molar refractivity (Wildman–Crippen MR) is 514 cm³/mol. The Bertz CT molecular complexity index is 6220. The van der Waals surface area contributed by atoms with Crippen LogP contribution >= 0.6 is 0 Å². The number of rotatable bonds is 21. The molecule has 798 valence electrons. The molecule has 8 aromatic rings. The zero-order chi connectivity index (χ0) is 109. The van der Waals surface area contributed by atoms with Crippen molar-refractivity contribution in [1.82, 2.24) is 100 Å². The maximum atomic E-state index is 14.7. The molecule has 0 bridgehead atoms. The lowest BCUT2D eigenvalue weighted by molar-refractivity contribution is -0.141. The topological polar surface area (TPSA) is 472 Å². The van der Waals surface area contributed by atoms with E-state index in [-0.39, 0.29) is 63.9 Å². The maximum Gasteiger partial charge on any atom is 0.343 e. The van der Waals surface area contributed by atoms with Crippen LogP contribution in [0.1, 0.15) is 180 Å². The van der Waals surface area contributed by atoms with E-state index in [2.05, 4.69) is 52.3 Å². The van der Waals surface area contributed by atoms with Gasteiger partial charge in [-0.25, -0.2) is 71.9 Å². The first kappa shape index (κ1) is 114. The highest BCUT2D eigenvalue weighted by Gasteiger charge is 2.47. The normalized spacial score (nSPS) is 17.1. The minimum atomic E-state index is -1.33. The second-order valence-electron chi connectivity index (χ2n) is 42.5. The van der Waals surface area contributed by atoms with Crippen molar-refractivity contribution in [2.45, 2.75) is 230 Å². The molecule has 36 nitrogen and oxygen atoms in total. The Morgan fingerprint density at radius 3 is 0.844 bits per heavy atom. The largest absolute Gasteiger partial charge is 0.370 e. The number of carbonyl (C=O) groups is 12. The summed E-state index contributed by atoms with van der Waals surface area (Å²) >= 11 is 0. The van der Waals surface area contributed by atoms with Crippen molar-refractivity contribution >= 4 is 71.4 Å². The first-order valence-electron chi connectivity index (χ1n) is 47.8. The van der Waals surface area contributed by atoms with Crippen molar-refractivity contribution in [3.63, 3.8) is 0 Å². The van der Waals surface area contributed by atoms with Crippen LogP contribution in [-0.2, 0) is 90.2 Å². The van der Waals surface area contributed by atoms with E-state index >= 15 is 0 Å². The first-order valence-corrected chi connectivity index (χ1v) is 47.8. The van der Waals surface area contributed by atoms with Gasteiger partial charge >= 0.3 is 24.1 Å². The standard InChI is InChI=1S/C26H35F3N6O3.2C25H31F3N6O3.C23H29F3N6O3/c1-13(2)9-19(23(30)36)31-24(37)22(26(3,4)5)32-25(38)35-20-7-8-34(6)12-15(20)21(33-35)14-10-17(28)18(29)11-16(14)27;2*1-25(2,3)21(23(36)33-8-5-6-19(33)22(29)35)30-24(37)34-18-7-9-32(4)12-14(18)20(31-34)13-10-16(27)17(28)11-15(13)26;1-23(2,3)20(21(34)28-7-5-18(27)33)29-22(35)32-17-6-8-31(4)11-13(17)19(30-32)12-9-15(25)16(26)10-14(12)24/h10-11,13,19,22H,7-9,12H2,1-6H3,(H2,30,36)(H,31,37)(H,32,38);2*10-11,19,21H,5-9,12H2,1-4H3,(H2,29,35)(H,30,37);9-10,20H,5-8,11H2,1-4H3,(H2,27,33)(H,28,34)(H,29,35)/t19-,22+;19-,21+;19-,21-;20-/m0011/s1. The second kappa shape index (κ2) is 45.8. The Morgan fingerprint density at radius 1 is 0.354 bits per heavy atom. The Kier molecular flexibility index (Phi) is 35.4. The molecule has 10 heterocycles. The van der Waals surface area contributed by atoms with Crippen molar-refractivity contribution in [2.75, 3.05) is 74.0 Å². The molecule has 4 aromatic carbocycles. The van der Waals surface area contributed by atoms with E-state index in [4.69, 9.17) is 22.9 Å². The zero-order valence-corrected chi connectivity index (χ0v) is 85.1. The summed E-state index contributed by atoms with van der Waals surface area (Å²) in [6.07, 6.45) is 3.97. The van der Waals surface area contributed by atoms with E-state index in [1.807, 2.05) is 61.6 Å². The number of aromatic nitrogens is 8. The average Bonchev–Trinajstić information content (AvgIpc) is 1.60. The SMILES string of the molecule is CC(C)C[C@H](NC(=O)[C@@H](NC(=O)n1nc(-c2cc(F)c(F)cc2F)c2c1CCN(C)C2)C(C)(C)C)C(N)=O.CN1CCc2c(c(-c3cc(F)c(F)cc3F)nn2C(=O)N[C@H](C(=O)N2CCC[C@@H]2C(N)=O)C(C)(C)C)C1.CN1CCc2c(c(-c3cc(F)c(F)cc3F)nn2C(=O)N[C@H](C(=O)N2CCC[C@H]2C(N)=O)C(C)(C)C)C1.CN1CCc2c(c(-c3cc(F)c(F)cc3F)nn2C(=O)N[C@H](C(=O)NCCC(N)=O)C(C)(C)C)C1. The van der Waals surface area contributed by atoms with Crippen molar-refractivity contribution in [3.8, 4) is 45.0 Å². The molecule has 4 aromatic heterocycles. The molecule has 0 aliphatic carbocycles. The van der Waals surface area contributed by atoms with Gasteiger partial charge in [-0.1, -0.05) is 96.9 Å². The minimum Gasteiger partial charge on any atom is -0.370 e. The molecule has 48 heteroatoms. The van der Waals surface area contributed by atoms with Crippen LogP contribution in [0.2, 0.25) is 0 Å². The summed E-state index contributed by atoms with van der Waals surface area (Å²) in [4.78, 5) is 164. The van der Waals surface area contributed by atoms with Crippen LogP contribution in [0.25, 0.3) is 45.0 Å². The Labute approximate surface area is 840 Å². The molecule has 2 saturated heterocycles. The number of hydrogen-bond acceptors (Lipinski definition) is 20. The Balaban J connectivity index is 0.000000186. The number of benzene rings is 4. The molecule has 14 rings (SSSR count). The van der Waals surface area contributed by atoms with Gasteiger partial charge in [0.05, 0.1) is 22.8 Å². The summed E-state index contributed by atoms with van der Waals surface area (Å²) in [6, 6.07) is -4.81. The number of primary amides is 4. The molecule has 0 saturated carbocycles. The first-order chi connectivity index (χ1) is 68.5. The summed E-state index contributed by atoms with van der Waals surface area (Å²) in [5.74, 6) is -18.7. The highest BCUT2D eigenvalue weighted by Crippen LogP contribution is 2.40. The number of halogens is 12. The van der Waals surface area contributed by atoms with Crippen LogP contribution in [-0.4, -0.2) is 256 Å². The highest BCUT2D eigenvalue weighted by atomic mass is 19.2. The molecular weight excluding hydrogens is 1950 g/mol. The monoisotopic (exact) mass is 2070 g/mol. The van der Waals surface area contributed by atoms with Crippen molar-refractivity contribution in [1.29, 1.82) is 0 Å². The smallest absolute Gasteiger partial charge is 0.343 e. The van der Waals surface area contributed by atoms with Gasteiger partial charge in [0.15, 0.2) is 46.5 Å². The van der Waals surface area contributed by atoms with Gasteiger partial charge in [0.1, 0.15) is 88.3 Å². The number of nitrogens with two attached hydrogens (primary N) is 4. The van der Waals surface area contributed by atoms with Gasteiger partial charge in [0, 0.05) is 173 Å². The molecule has 147 heavy (non-hydrogen) atoms. The molecule has 0 unspecified atom stereocenters. The average molecular weight is 2070 g/mol. The van der Waals surface area contributed by atoms with Gasteiger partial charge in [-0.15, -0.1) is 0 Å². The van der Waals surface area contributed by atoms with E-state index in [1.54, 1.807) is 83.1 Å². The lowest BCUT2D eigenvalue weighted by atomic mass is 9.85. The number of nitrogens with zero attached hydrogens (tertiary/aromatic N) is 14. The molecule has 14 N–H and O–H groups in total. The number of carbonyl (C=O) groups excluding carboxylic acids is 12. The molecule has 6 aliphatic rings. The highest BCUT2D eigenvalue weighted by molar-refractivity contribution is 5.96. The van der Waals surface area contributed by atoms with Crippen LogP contribution in [0.5, 0.6) is 0 Å². The number of hydrogen-bond donors (Lipinski definition) is 10. The van der Waals surface area contributed by atoms with E-state index < -0.39 is 205 Å². The molecule has 2 fully saturated rings. The van der Waals surface area contributed by atoms with Gasteiger partial charge < -0.3 is 84.2 Å². The third-order valence-corrected chi connectivity index (χ3v) is 26.1. The fourth-order valence-electron chi connectivity index (χ4n) is 18.3. The number of likely N-dealkylation sites (N-methyl/N-ethyl adjacent to an activating group) is 4. The Hall–Kier alpha value is -13.6. The molecule has 6 aliphatic heterocycles. The van der Waals surface area contributed by atoms with Gasteiger partial charge in [-0.3, -0.25) is 38.4 Å². The van der Waals surface area contributed by atoms with Gasteiger partial charge in [0.25, 0.3) is 0 Å². The van der Waals surface area contributed by atoms with E-state index in [1.165, 1.54) is 9.80 Å². The number of likely N-dealkylation sites (tertiary alicyclic amines) is 2. The fraction of sp³-hybridized carbons (Fsp3) is 0.515. The molecule has 12 amide bonds. The van der Waals surface area contributed by atoms with Crippen LogP contribution < -0.4 is 54.8 Å². The predicted octanol–water partition coefficient (Wildman–Crippen LogP) is 9.67. The van der Waals surface area contributed by atoms with Gasteiger partial charge in [0.2, 0.25) is 47.3 Å². The van der Waals surface area contributed by atoms with Crippen molar-refractivity contribution in [3.05, 3.63) is 163 Å². The lowest BCUT2D eigenvalue weighted by Gasteiger charge is -2.35. The molecule has 7 atom stereocenters. The van der Waals surface area contributed by atoms with Crippen LogP contribution in [0, 0.1) is 97.4 Å². The Morgan fingerprint density at radius 2 is 0.605 bits per heavy atom. The summed E-state index contributed by atoms with van der Waals surface area (Å²) < 4.78 is 173. The molecule has 0 spiro atoms. The van der Waals surface area contributed by atoms with Crippen LogP contribution in [0.15, 0.2) is 48.5 Å². The van der Waals surface area contributed by atoms with E-state index in [0.29, 0.717) is 205 Å². The third kappa shape index (κ3) is 26.3. The fourth-order valence-corrected chi connectivity index (χ4v) is 18.3. The summed E-state index contributed by atoms with van der Waals surface area (Å²) in [5.41, 5.74) is 21.6. The van der Waals surface area contributed by atoms with Gasteiger partial charge in [-0.2, -0.15) is 39.1 Å². The third-order valence-electron chi connectivity index (χ3n) is 26.1. The number of fused-ring (bicyclic) bond motifs is 4. The second-order valence-corrected chi connectivity index (χ2v) is 42.5. The lowest BCUT2D eigenvalue weighted by Crippen LogP contribution is -2.58. The minimum absolute atomic E-state index is 0.0136. The number of amides is 12. The molecular formula is C99H126F12N24O12. The molecule has 0 radical (unpaired) electrons. The summed E-state index contributed by atoms with van der Waals surface area (Å²) in [5, 5.41) is 33.2. The quantitative estimate of drug-likeness (QED) is 0.0236. The maximum absolute atomic E-state index is 14.7.